The molecule has 8 nitrogen and oxygen atoms in total. The molecular weight excluding hydrogens is 302 g/mol. The first-order chi connectivity index (χ1) is 10.7. The number of hydrogen-bond acceptors (Lipinski definition) is 5. The number of ether oxygens (including phenoxy) is 1. The number of nitro groups is 1. The molecule has 1 atom stereocenters. The fourth-order valence-electron chi connectivity index (χ4n) is 2.23. The van der Waals surface area contributed by atoms with Gasteiger partial charge < -0.3 is 10.1 Å². The van der Waals surface area contributed by atoms with Crippen LogP contribution in [0.2, 0.25) is 0 Å². The molecule has 1 N–H and O–H groups in total. The summed E-state index contributed by atoms with van der Waals surface area (Å²) in [6, 6.07) is 5.45. The zero-order chi connectivity index (χ0) is 17.2. The van der Waals surface area contributed by atoms with E-state index in [1.54, 1.807) is 32.9 Å². The Morgan fingerprint density at radius 1 is 1.35 bits per heavy atom. The first kappa shape index (κ1) is 16.7. The van der Waals surface area contributed by atoms with Crippen LogP contribution in [0.4, 0.5) is 10.5 Å². The van der Waals surface area contributed by atoms with Crippen LogP contribution in [0.5, 0.6) is 0 Å². The highest BCUT2D eigenvalue weighted by atomic mass is 16.6. The normalized spacial score (nSPS) is 18.3. The average Bonchev–Trinajstić information content (AvgIpc) is 2.45. The van der Waals surface area contributed by atoms with Gasteiger partial charge in [-0.1, -0.05) is 12.1 Å². The lowest BCUT2D eigenvalue weighted by atomic mass is 10.0. The van der Waals surface area contributed by atoms with Gasteiger partial charge in [-0.3, -0.25) is 19.8 Å². The van der Waals surface area contributed by atoms with Gasteiger partial charge >= 0.3 is 6.09 Å². The van der Waals surface area contributed by atoms with Crippen molar-refractivity contribution in [3.8, 4) is 0 Å². The van der Waals surface area contributed by atoms with E-state index in [0.717, 1.165) is 0 Å². The maximum atomic E-state index is 12.1. The van der Waals surface area contributed by atoms with Crippen LogP contribution in [-0.2, 0) is 9.53 Å². The second-order valence-electron chi connectivity index (χ2n) is 6.33. The number of nitro benzene ring substituents is 1. The molecule has 0 aromatic heterocycles. The van der Waals surface area contributed by atoms with Crippen LogP contribution in [0.25, 0.3) is 0 Å². The number of carbonyl (C=O) groups excluding carboxylic acids is 2. The summed E-state index contributed by atoms with van der Waals surface area (Å²) in [6.45, 7) is 5.44. The predicted molar refractivity (Wildman–Crippen MR) is 81.8 cm³/mol. The van der Waals surface area contributed by atoms with E-state index in [4.69, 9.17) is 4.74 Å². The lowest BCUT2D eigenvalue weighted by Crippen LogP contribution is -2.52. The molecule has 2 rings (SSSR count). The standard InChI is InChI=1S/C15H19N3O5/c1-15(2,3)23-14(20)17-8-12(16-13(19)9-17)10-4-6-11(7-5-10)18(21)22/h4-7,12H,8-9H2,1-3H3,(H,16,19)/t12-/m1/s1. The van der Waals surface area contributed by atoms with Crippen LogP contribution in [-0.4, -0.2) is 40.5 Å². The summed E-state index contributed by atoms with van der Waals surface area (Å²) in [5.41, 5.74) is 0.0190. The van der Waals surface area contributed by atoms with Crippen molar-refractivity contribution in [2.24, 2.45) is 0 Å². The molecule has 1 fully saturated rings. The van der Waals surface area contributed by atoms with E-state index in [-0.39, 0.29) is 24.7 Å². The van der Waals surface area contributed by atoms with Gasteiger partial charge in [-0.15, -0.1) is 0 Å². The monoisotopic (exact) mass is 321 g/mol. The van der Waals surface area contributed by atoms with Crippen LogP contribution < -0.4 is 5.32 Å². The number of hydrogen-bond donors (Lipinski definition) is 1. The zero-order valence-corrected chi connectivity index (χ0v) is 13.2. The number of carbonyl (C=O) groups is 2. The Kier molecular flexibility index (Phi) is 4.53. The van der Waals surface area contributed by atoms with Crippen molar-refractivity contribution < 1.29 is 19.2 Å². The number of amides is 2. The summed E-state index contributed by atoms with van der Waals surface area (Å²) >= 11 is 0. The minimum atomic E-state index is -0.645. The molecule has 1 aromatic rings. The number of benzene rings is 1. The smallest absolute Gasteiger partial charge is 0.410 e. The molecule has 1 aromatic carbocycles. The van der Waals surface area contributed by atoms with E-state index < -0.39 is 22.7 Å². The van der Waals surface area contributed by atoms with Gasteiger partial charge in [0, 0.05) is 18.7 Å². The van der Waals surface area contributed by atoms with Gasteiger partial charge in [0.2, 0.25) is 5.91 Å². The van der Waals surface area contributed by atoms with Crippen LogP contribution >= 0.6 is 0 Å². The number of nitrogens with zero attached hydrogens (tertiary/aromatic N) is 2. The molecule has 1 aliphatic rings. The molecule has 0 bridgehead atoms. The van der Waals surface area contributed by atoms with E-state index >= 15 is 0 Å². The van der Waals surface area contributed by atoms with Crippen molar-refractivity contribution in [1.82, 2.24) is 10.2 Å². The Labute approximate surface area is 133 Å². The molecule has 23 heavy (non-hydrogen) atoms. The number of nitrogens with one attached hydrogen (secondary N) is 1. The number of non-ortho nitro benzene ring substituents is 1. The van der Waals surface area contributed by atoms with Crippen molar-refractivity contribution in [3.05, 3.63) is 39.9 Å². The second-order valence-corrected chi connectivity index (χ2v) is 6.33. The van der Waals surface area contributed by atoms with Crippen molar-refractivity contribution in [2.45, 2.75) is 32.4 Å². The largest absolute Gasteiger partial charge is 0.444 e. The molecule has 0 spiro atoms. The van der Waals surface area contributed by atoms with Gasteiger partial charge in [0.15, 0.2) is 0 Å². The topological polar surface area (TPSA) is 102 Å². The molecule has 8 heteroatoms. The summed E-state index contributed by atoms with van der Waals surface area (Å²) in [5, 5.41) is 13.5. The van der Waals surface area contributed by atoms with Crippen molar-refractivity contribution >= 4 is 17.7 Å². The summed E-state index contributed by atoms with van der Waals surface area (Å²) < 4.78 is 5.28. The Balaban J connectivity index is 2.12. The third-order valence-corrected chi connectivity index (χ3v) is 3.23. The Bertz CT molecular complexity index is 621. The summed E-state index contributed by atoms with van der Waals surface area (Å²) in [6.07, 6.45) is -0.556. The minimum absolute atomic E-state index is 0.0279. The molecule has 1 saturated heterocycles. The maximum absolute atomic E-state index is 12.1. The van der Waals surface area contributed by atoms with Crippen molar-refractivity contribution in [3.63, 3.8) is 0 Å². The molecule has 0 unspecified atom stereocenters. The van der Waals surface area contributed by atoms with E-state index in [0.29, 0.717) is 5.56 Å². The molecule has 124 valence electrons. The van der Waals surface area contributed by atoms with Gasteiger partial charge in [0.1, 0.15) is 12.1 Å². The lowest BCUT2D eigenvalue weighted by Gasteiger charge is -2.34. The molecular formula is C15H19N3O5. The van der Waals surface area contributed by atoms with Crippen LogP contribution in [0.3, 0.4) is 0 Å². The summed E-state index contributed by atoms with van der Waals surface area (Å²) in [5.74, 6) is -0.300. The first-order valence-electron chi connectivity index (χ1n) is 7.17. The first-order valence-corrected chi connectivity index (χ1v) is 7.17. The summed E-state index contributed by atoms with van der Waals surface area (Å²) in [4.78, 5) is 35.5. The van der Waals surface area contributed by atoms with Crippen molar-refractivity contribution in [1.29, 1.82) is 0 Å². The average molecular weight is 321 g/mol. The van der Waals surface area contributed by atoms with Crippen molar-refractivity contribution in [2.75, 3.05) is 13.1 Å². The van der Waals surface area contributed by atoms with Gasteiger partial charge in [-0.25, -0.2) is 4.79 Å². The fourth-order valence-corrected chi connectivity index (χ4v) is 2.23. The van der Waals surface area contributed by atoms with Crippen LogP contribution in [0.15, 0.2) is 24.3 Å². The molecule has 0 saturated carbocycles. The Morgan fingerprint density at radius 2 is 1.96 bits per heavy atom. The number of rotatable bonds is 2. The Morgan fingerprint density at radius 3 is 2.48 bits per heavy atom. The van der Waals surface area contributed by atoms with E-state index in [1.807, 2.05) is 0 Å². The highest BCUT2D eigenvalue weighted by Crippen LogP contribution is 2.22. The highest BCUT2D eigenvalue weighted by molar-refractivity contribution is 5.84. The maximum Gasteiger partial charge on any atom is 0.410 e. The van der Waals surface area contributed by atoms with Gasteiger partial charge in [0.25, 0.3) is 5.69 Å². The van der Waals surface area contributed by atoms with E-state index in [9.17, 15) is 19.7 Å². The molecule has 1 heterocycles. The highest BCUT2D eigenvalue weighted by Gasteiger charge is 2.31. The van der Waals surface area contributed by atoms with E-state index in [1.165, 1.54) is 17.0 Å². The molecule has 2 amide bonds. The molecule has 1 aliphatic heterocycles. The summed E-state index contributed by atoms with van der Waals surface area (Å²) in [7, 11) is 0. The fraction of sp³-hybridized carbons (Fsp3) is 0.467. The third-order valence-electron chi connectivity index (χ3n) is 3.23. The molecule has 0 radical (unpaired) electrons. The SMILES string of the molecule is CC(C)(C)OC(=O)N1CC(=O)N[C@@H](c2ccc([N+](=O)[O-])cc2)C1. The number of piperazine rings is 1. The molecule has 0 aliphatic carbocycles. The van der Waals surface area contributed by atoms with Gasteiger partial charge in [-0.2, -0.15) is 0 Å². The Hall–Kier alpha value is -2.64. The van der Waals surface area contributed by atoms with Crippen LogP contribution in [0, 0.1) is 10.1 Å². The van der Waals surface area contributed by atoms with Crippen LogP contribution in [0.1, 0.15) is 32.4 Å². The van der Waals surface area contributed by atoms with Gasteiger partial charge in [-0.05, 0) is 26.3 Å². The quantitative estimate of drug-likeness (QED) is 0.663. The lowest BCUT2D eigenvalue weighted by molar-refractivity contribution is -0.384. The minimum Gasteiger partial charge on any atom is -0.444 e. The predicted octanol–water partition coefficient (Wildman–Crippen LogP) is 2.00. The third kappa shape index (κ3) is 4.41. The van der Waals surface area contributed by atoms with Gasteiger partial charge in [0.05, 0.1) is 11.0 Å². The van der Waals surface area contributed by atoms with E-state index in [2.05, 4.69) is 5.32 Å². The second kappa shape index (κ2) is 6.23. The zero-order valence-electron chi connectivity index (χ0n) is 13.2.